The van der Waals surface area contributed by atoms with Crippen molar-refractivity contribution in [1.82, 2.24) is 0 Å². The molecule has 0 fully saturated rings. The summed E-state index contributed by atoms with van der Waals surface area (Å²) in [5.41, 5.74) is 0.154. The normalized spacial score (nSPS) is 9.06. The van der Waals surface area contributed by atoms with Crippen molar-refractivity contribution < 1.29 is 27.0 Å². The Bertz CT molecular complexity index is 426. The molecule has 17 heavy (non-hydrogen) atoms. The van der Waals surface area contributed by atoms with Gasteiger partial charge in [-0.2, -0.15) is 0 Å². The smallest absolute Gasteiger partial charge is 1.00 e. The number of benzene rings is 1. The van der Waals surface area contributed by atoms with Crippen molar-refractivity contribution in [2.24, 2.45) is 0 Å². The van der Waals surface area contributed by atoms with Crippen molar-refractivity contribution in [3.8, 4) is 11.5 Å². The zero-order valence-electron chi connectivity index (χ0n) is 11.7. The minimum atomic E-state index is -1.16. The van der Waals surface area contributed by atoms with Gasteiger partial charge in [0.1, 0.15) is 11.8 Å². The summed E-state index contributed by atoms with van der Waals surface area (Å²) >= 11 is 0. The molecule has 0 unspecified atom stereocenters. The third-order valence-electron chi connectivity index (χ3n) is 1.95. The number of aromatic carboxylic acids is 1. The minimum Gasteiger partial charge on any atom is -1.00 e. The second-order valence-corrected chi connectivity index (χ2v) is 2.96. The van der Waals surface area contributed by atoms with Gasteiger partial charge in [0.05, 0.1) is 13.7 Å². The van der Waals surface area contributed by atoms with E-state index < -0.39 is 5.97 Å². The third-order valence-corrected chi connectivity index (χ3v) is 1.95. The first-order valence-corrected chi connectivity index (χ1v) is 4.67. The molecule has 6 heteroatoms. The topological polar surface area (TPSA) is 72.8 Å². The maximum Gasteiger partial charge on any atom is 2.00 e. The van der Waals surface area contributed by atoms with E-state index in [9.17, 15) is 9.59 Å². The van der Waals surface area contributed by atoms with Crippen LogP contribution in [0.25, 0.3) is 0 Å². The number of carboxylic acids is 1. The first-order chi connectivity index (χ1) is 7.63. The Labute approximate surface area is 118 Å². The summed E-state index contributed by atoms with van der Waals surface area (Å²) < 4.78 is 10.2. The summed E-state index contributed by atoms with van der Waals surface area (Å²) in [6, 6.07) is 2.69. The van der Waals surface area contributed by atoms with E-state index in [-0.39, 0.29) is 48.5 Å². The number of rotatable bonds is 5. The predicted molar refractivity (Wildman–Crippen MR) is 64.5 cm³/mol. The Kier molecular flexibility index (Phi) is 6.60. The zero-order valence-corrected chi connectivity index (χ0v) is 11.1. The maximum atomic E-state index is 11.0. The van der Waals surface area contributed by atoms with Crippen molar-refractivity contribution in [3.63, 3.8) is 0 Å². The van der Waals surface area contributed by atoms with E-state index in [1.54, 1.807) is 6.92 Å². The first-order valence-electron chi connectivity index (χ1n) is 4.67. The van der Waals surface area contributed by atoms with Crippen LogP contribution in [0.15, 0.2) is 12.1 Å². The van der Waals surface area contributed by atoms with E-state index in [4.69, 9.17) is 14.6 Å². The number of carboxylic acid groups (broad SMARTS) is 1. The second kappa shape index (κ2) is 7.13. The number of methoxy groups -OCH3 is 1. The summed E-state index contributed by atoms with van der Waals surface area (Å²) in [6.45, 7) is 2.05. The fourth-order valence-electron chi connectivity index (χ4n) is 1.30. The largest absolute Gasteiger partial charge is 2.00 e. The molecule has 0 spiro atoms. The molecule has 1 aromatic carbocycles. The molecular weight excluding hydrogens is 236 g/mol. The van der Waals surface area contributed by atoms with E-state index in [0.29, 0.717) is 12.9 Å². The van der Waals surface area contributed by atoms with Crippen LogP contribution in [0.2, 0.25) is 0 Å². The van der Waals surface area contributed by atoms with Gasteiger partial charge in [0.2, 0.25) is 0 Å². The van der Waals surface area contributed by atoms with Gasteiger partial charge in [-0.25, -0.2) is 4.79 Å². The van der Waals surface area contributed by atoms with Crippen LogP contribution < -0.4 is 9.47 Å². The average molecular weight is 251 g/mol. The van der Waals surface area contributed by atoms with E-state index in [1.807, 2.05) is 0 Å². The molecule has 5 nitrogen and oxygen atoms in total. The molecule has 0 aliphatic rings. The molecule has 1 N–H and O–H groups in total. The maximum absolute atomic E-state index is 11.0. The molecule has 0 atom stereocenters. The summed E-state index contributed by atoms with van der Waals surface area (Å²) in [4.78, 5) is 21.6. The summed E-state index contributed by atoms with van der Waals surface area (Å²) in [7, 11) is 1.39. The molecule has 0 aromatic heterocycles. The van der Waals surface area contributed by atoms with Crippen LogP contribution in [0, 0.1) is 0 Å². The summed E-state index contributed by atoms with van der Waals surface area (Å²) in [6.07, 6.45) is 0.560. The van der Waals surface area contributed by atoms with Crippen molar-refractivity contribution >= 4 is 35.3 Å². The van der Waals surface area contributed by atoms with Gasteiger partial charge in [-0.15, -0.1) is 0 Å². The fourth-order valence-corrected chi connectivity index (χ4v) is 1.30. The number of carbonyl (C=O) groups excluding carboxylic acids is 1. The quantitative estimate of drug-likeness (QED) is 0.632. The molecule has 0 amide bonds. The Morgan fingerprint density at radius 1 is 1.53 bits per heavy atom. The van der Waals surface area contributed by atoms with Crippen molar-refractivity contribution in [2.75, 3.05) is 13.7 Å². The monoisotopic (exact) mass is 250 g/mol. The van der Waals surface area contributed by atoms with E-state index in [1.165, 1.54) is 19.2 Å². The molecule has 0 radical (unpaired) electrons. The van der Waals surface area contributed by atoms with Gasteiger partial charge in [0.15, 0.2) is 11.5 Å². The van der Waals surface area contributed by atoms with Gasteiger partial charge in [-0.3, -0.25) is 4.79 Å². The standard InChI is InChI=1S/C11H12O5.Mg.2H/c1-3-16-10-8(11(13)14)4-7(6-12)5-9(10)15-2;;;/h4-6H,3H2,1-2H3,(H,13,14);;;/q;+2;2*-1. The molecule has 0 saturated carbocycles. The molecule has 0 saturated heterocycles. The van der Waals surface area contributed by atoms with Gasteiger partial charge < -0.3 is 17.4 Å². The summed E-state index contributed by atoms with van der Waals surface area (Å²) in [5, 5.41) is 8.98. The van der Waals surface area contributed by atoms with Gasteiger partial charge in [-0.05, 0) is 19.1 Å². The number of hydrogen-bond acceptors (Lipinski definition) is 4. The Hall–Kier alpha value is -1.27. The van der Waals surface area contributed by atoms with Crippen LogP contribution in [0.1, 0.15) is 30.5 Å². The molecule has 0 aliphatic carbocycles. The van der Waals surface area contributed by atoms with Crippen molar-refractivity contribution in [2.45, 2.75) is 6.92 Å². The molecular formula is C11H14MgO5. The molecule has 90 valence electrons. The van der Waals surface area contributed by atoms with Gasteiger partial charge >= 0.3 is 29.0 Å². The van der Waals surface area contributed by atoms with E-state index >= 15 is 0 Å². The zero-order chi connectivity index (χ0) is 12.1. The average Bonchev–Trinajstić information content (AvgIpc) is 2.29. The predicted octanol–water partition coefficient (Wildman–Crippen LogP) is 1.45. The van der Waals surface area contributed by atoms with Crippen LogP contribution in [0.3, 0.4) is 0 Å². The van der Waals surface area contributed by atoms with Crippen molar-refractivity contribution in [1.29, 1.82) is 0 Å². The summed E-state index contributed by atoms with van der Waals surface area (Å²) in [5.74, 6) is -0.780. The first kappa shape index (κ1) is 15.7. The number of carbonyl (C=O) groups is 2. The van der Waals surface area contributed by atoms with Gasteiger partial charge in [0.25, 0.3) is 0 Å². The van der Waals surface area contributed by atoms with Crippen LogP contribution in [0.5, 0.6) is 11.5 Å². The number of aldehydes is 1. The molecule has 0 aliphatic heterocycles. The third kappa shape index (κ3) is 3.60. The Morgan fingerprint density at radius 3 is 2.59 bits per heavy atom. The fraction of sp³-hybridized carbons (Fsp3) is 0.273. The Balaban J connectivity index is -0.000000853. The second-order valence-electron chi connectivity index (χ2n) is 2.96. The minimum absolute atomic E-state index is 0. The van der Waals surface area contributed by atoms with Gasteiger partial charge in [0, 0.05) is 5.56 Å². The van der Waals surface area contributed by atoms with E-state index in [0.717, 1.165) is 0 Å². The van der Waals surface area contributed by atoms with Crippen molar-refractivity contribution in [3.05, 3.63) is 23.3 Å². The van der Waals surface area contributed by atoms with E-state index in [2.05, 4.69) is 0 Å². The van der Waals surface area contributed by atoms with Gasteiger partial charge in [-0.1, -0.05) is 0 Å². The van der Waals surface area contributed by atoms with Crippen LogP contribution in [-0.4, -0.2) is 54.1 Å². The molecule has 1 aromatic rings. The SMILES string of the molecule is CCOc1c(OC)cc(C=O)cc1C(=O)O.[H-].[H-].[Mg+2]. The molecule has 0 heterocycles. The Morgan fingerprint density at radius 2 is 2.18 bits per heavy atom. The number of hydrogen-bond donors (Lipinski definition) is 1. The van der Waals surface area contributed by atoms with Crippen LogP contribution in [0.4, 0.5) is 0 Å². The van der Waals surface area contributed by atoms with Crippen LogP contribution in [-0.2, 0) is 0 Å². The molecule has 0 bridgehead atoms. The number of ether oxygens (including phenoxy) is 2. The molecule has 1 rings (SSSR count). The van der Waals surface area contributed by atoms with Crippen LogP contribution >= 0.6 is 0 Å².